The Hall–Kier alpha value is -1.46. The monoisotopic (exact) mass is 339 g/mol. The summed E-state index contributed by atoms with van der Waals surface area (Å²) in [6, 6.07) is 5.80. The van der Waals surface area contributed by atoms with Crippen LogP contribution in [-0.2, 0) is 6.54 Å². The Morgan fingerprint density at radius 3 is 2.45 bits per heavy atom. The van der Waals surface area contributed by atoms with Gasteiger partial charge in [-0.1, -0.05) is 6.92 Å². The van der Waals surface area contributed by atoms with Crippen LogP contribution in [0.4, 0.5) is 0 Å². The van der Waals surface area contributed by atoms with Crippen molar-refractivity contribution >= 4 is 15.9 Å². The van der Waals surface area contributed by atoms with Gasteiger partial charge in [-0.2, -0.15) is 0 Å². The van der Waals surface area contributed by atoms with Crippen LogP contribution in [0.2, 0.25) is 0 Å². The van der Waals surface area contributed by atoms with Gasteiger partial charge < -0.3 is 19.2 Å². The number of hydrogen-bond acceptors (Lipinski definition) is 4. The van der Waals surface area contributed by atoms with Gasteiger partial charge in [-0.3, -0.25) is 0 Å². The summed E-state index contributed by atoms with van der Waals surface area (Å²) in [5.41, 5.74) is 2.08. The molecule has 2 rings (SSSR count). The summed E-state index contributed by atoms with van der Waals surface area (Å²) in [4.78, 5) is 0. The maximum absolute atomic E-state index is 5.57. The molecule has 0 aliphatic carbocycles. The van der Waals surface area contributed by atoms with E-state index in [1.54, 1.807) is 20.5 Å². The van der Waals surface area contributed by atoms with Gasteiger partial charge >= 0.3 is 0 Å². The molecular formula is C15H18BrNO3. The number of methoxy groups -OCH3 is 2. The Bertz CT molecular complexity index is 580. The van der Waals surface area contributed by atoms with E-state index in [1.165, 1.54) is 0 Å². The molecule has 0 aliphatic rings. The normalized spacial score (nSPS) is 10.6. The zero-order chi connectivity index (χ0) is 14.5. The third-order valence-electron chi connectivity index (χ3n) is 3.04. The van der Waals surface area contributed by atoms with E-state index >= 15 is 0 Å². The molecule has 20 heavy (non-hydrogen) atoms. The molecule has 0 atom stereocenters. The van der Waals surface area contributed by atoms with Crippen molar-refractivity contribution in [1.29, 1.82) is 0 Å². The number of rotatable bonds is 6. The van der Waals surface area contributed by atoms with Gasteiger partial charge in [-0.05, 0) is 46.2 Å². The van der Waals surface area contributed by atoms with Crippen LogP contribution in [0, 0.1) is 0 Å². The molecule has 1 aromatic carbocycles. The second-order valence-corrected chi connectivity index (χ2v) is 5.10. The van der Waals surface area contributed by atoms with Crippen LogP contribution in [0.3, 0.4) is 0 Å². The maximum atomic E-state index is 5.57. The fourth-order valence-electron chi connectivity index (χ4n) is 2.02. The van der Waals surface area contributed by atoms with Gasteiger partial charge in [0.15, 0.2) is 11.5 Å². The lowest BCUT2D eigenvalue weighted by Gasteiger charge is -2.14. The fourth-order valence-corrected chi connectivity index (χ4v) is 2.44. The SMILES string of the molecule is CCNCc1cc(OC)c(OC)cc1-c1occc1Br. The van der Waals surface area contributed by atoms with Crippen LogP contribution in [0.1, 0.15) is 12.5 Å². The van der Waals surface area contributed by atoms with Crippen molar-refractivity contribution in [2.75, 3.05) is 20.8 Å². The Kier molecular flexibility index (Phi) is 5.09. The van der Waals surface area contributed by atoms with Crippen LogP contribution in [-0.4, -0.2) is 20.8 Å². The van der Waals surface area contributed by atoms with Crippen LogP contribution in [0.15, 0.2) is 33.4 Å². The zero-order valence-electron chi connectivity index (χ0n) is 11.8. The molecule has 2 aromatic rings. The summed E-state index contributed by atoms with van der Waals surface area (Å²) in [5.74, 6) is 2.19. The number of ether oxygens (including phenoxy) is 2. The largest absolute Gasteiger partial charge is 0.493 e. The number of furan rings is 1. The lowest BCUT2D eigenvalue weighted by Crippen LogP contribution is -2.12. The van der Waals surface area contributed by atoms with E-state index in [2.05, 4.69) is 28.2 Å². The summed E-state index contributed by atoms with van der Waals surface area (Å²) < 4.78 is 17.2. The molecule has 0 unspecified atom stereocenters. The lowest BCUT2D eigenvalue weighted by atomic mass is 10.0. The van der Waals surface area contributed by atoms with Crippen molar-refractivity contribution < 1.29 is 13.9 Å². The minimum absolute atomic E-state index is 0.686. The van der Waals surface area contributed by atoms with Gasteiger partial charge in [0.1, 0.15) is 5.76 Å². The zero-order valence-corrected chi connectivity index (χ0v) is 13.4. The quantitative estimate of drug-likeness (QED) is 0.868. The number of benzene rings is 1. The third-order valence-corrected chi connectivity index (χ3v) is 3.66. The number of hydrogen-bond donors (Lipinski definition) is 1. The Morgan fingerprint density at radius 1 is 1.20 bits per heavy atom. The fraction of sp³-hybridized carbons (Fsp3) is 0.333. The van der Waals surface area contributed by atoms with Gasteiger partial charge in [0.05, 0.1) is 25.0 Å². The first-order chi connectivity index (χ1) is 9.71. The summed E-state index contributed by atoms with van der Waals surface area (Å²) >= 11 is 3.50. The molecule has 1 N–H and O–H groups in total. The molecule has 0 saturated heterocycles. The summed E-state index contributed by atoms with van der Waals surface area (Å²) in [6.07, 6.45) is 1.66. The van der Waals surface area contributed by atoms with Crippen molar-refractivity contribution in [3.05, 3.63) is 34.5 Å². The highest BCUT2D eigenvalue weighted by molar-refractivity contribution is 9.10. The van der Waals surface area contributed by atoms with Gasteiger partial charge in [0.2, 0.25) is 0 Å². The highest BCUT2D eigenvalue weighted by atomic mass is 79.9. The summed E-state index contributed by atoms with van der Waals surface area (Å²) in [5, 5.41) is 3.32. The van der Waals surface area contributed by atoms with Crippen LogP contribution in [0.25, 0.3) is 11.3 Å². The minimum atomic E-state index is 0.686. The molecule has 0 radical (unpaired) electrons. The van der Waals surface area contributed by atoms with Crippen LogP contribution >= 0.6 is 15.9 Å². The summed E-state index contributed by atoms with van der Waals surface area (Å²) in [7, 11) is 3.26. The summed E-state index contributed by atoms with van der Waals surface area (Å²) in [6.45, 7) is 3.70. The van der Waals surface area contributed by atoms with Gasteiger partial charge in [-0.15, -0.1) is 0 Å². The van der Waals surface area contributed by atoms with E-state index < -0.39 is 0 Å². The second-order valence-electron chi connectivity index (χ2n) is 4.24. The third kappa shape index (κ3) is 2.99. The van der Waals surface area contributed by atoms with Crippen molar-refractivity contribution in [2.45, 2.75) is 13.5 Å². The average molecular weight is 340 g/mol. The molecule has 4 nitrogen and oxygen atoms in total. The predicted octanol–water partition coefficient (Wildman–Crippen LogP) is 3.84. The maximum Gasteiger partial charge on any atom is 0.161 e. The first-order valence-corrected chi connectivity index (χ1v) is 7.19. The standard InChI is InChI=1S/C15H18BrNO3/c1-4-17-9-10-7-13(18-2)14(19-3)8-11(10)15-12(16)5-6-20-15/h5-8,17H,4,9H2,1-3H3. The van der Waals surface area contributed by atoms with Crippen LogP contribution in [0.5, 0.6) is 11.5 Å². The van der Waals surface area contributed by atoms with E-state index in [9.17, 15) is 0 Å². The number of nitrogens with one attached hydrogen (secondary N) is 1. The molecule has 0 bridgehead atoms. The van der Waals surface area contributed by atoms with E-state index in [0.29, 0.717) is 11.5 Å². The van der Waals surface area contributed by atoms with Crippen molar-refractivity contribution in [2.24, 2.45) is 0 Å². The first kappa shape index (κ1) is 14.9. The molecule has 0 saturated carbocycles. The molecule has 108 valence electrons. The van der Waals surface area contributed by atoms with Crippen molar-refractivity contribution in [3.8, 4) is 22.8 Å². The molecular weight excluding hydrogens is 322 g/mol. The van der Waals surface area contributed by atoms with E-state index in [4.69, 9.17) is 13.9 Å². The van der Waals surface area contributed by atoms with Gasteiger partial charge in [-0.25, -0.2) is 0 Å². The van der Waals surface area contributed by atoms with E-state index in [0.717, 1.165) is 34.4 Å². The molecule has 0 aliphatic heterocycles. The highest BCUT2D eigenvalue weighted by Gasteiger charge is 2.16. The van der Waals surface area contributed by atoms with Crippen LogP contribution < -0.4 is 14.8 Å². The highest BCUT2D eigenvalue weighted by Crippen LogP contribution is 2.38. The Labute approximate surface area is 127 Å². The first-order valence-electron chi connectivity index (χ1n) is 6.40. The van der Waals surface area contributed by atoms with E-state index in [-0.39, 0.29) is 0 Å². The van der Waals surface area contributed by atoms with Gasteiger partial charge in [0, 0.05) is 12.1 Å². The molecule has 0 amide bonds. The minimum Gasteiger partial charge on any atom is -0.493 e. The molecule has 0 fully saturated rings. The Balaban J connectivity index is 2.54. The Morgan fingerprint density at radius 2 is 1.90 bits per heavy atom. The molecule has 1 heterocycles. The lowest BCUT2D eigenvalue weighted by molar-refractivity contribution is 0.354. The smallest absolute Gasteiger partial charge is 0.161 e. The average Bonchev–Trinajstić information content (AvgIpc) is 2.90. The molecule has 1 aromatic heterocycles. The topological polar surface area (TPSA) is 43.6 Å². The predicted molar refractivity (Wildman–Crippen MR) is 82.3 cm³/mol. The number of halogens is 1. The van der Waals surface area contributed by atoms with E-state index in [1.807, 2.05) is 18.2 Å². The second kappa shape index (κ2) is 6.81. The van der Waals surface area contributed by atoms with Gasteiger partial charge in [0.25, 0.3) is 0 Å². The molecule has 5 heteroatoms. The van der Waals surface area contributed by atoms with Crippen molar-refractivity contribution in [3.63, 3.8) is 0 Å². The molecule has 0 spiro atoms. The van der Waals surface area contributed by atoms with Crippen molar-refractivity contribution in [1.82, 2.24) is 5.32 Å².